The van der Waals surface area contributed by atoms with Crippen molar-refractivity contribution in [1.29, 1.82) is 0 Å². The van der Waals surface area contributed by atoms with Gasteiger partial charge in [-0.05, 0) is 34.7 Å². The topological polar surface area (TPSA) is 0 Å². The Morgan fingerprint density at radius 1 is 0.833 bits per heavy atom. The molecule has 0 atom stereocenters. The summed E-state index contributed by atoms with van der Waals surface area (Å²) in [6.07, 6.45) is 3.73. The molecule has 2 aliphatic rings. The van der Waals surface area contributed by atoms with Crippen LogP contribution < -0.4 is 0 Å². The van der Waals surface area contributed by atoms with Crippen LogP contribution in [0.25, 0.3) is 22.3 Å². The van der Waals surface area contributed by atoms with Gasteiger partial charge in [0.25, 0.3) is 0 Å². The van der Waals surface area contributed by atoms with Gasteiger partial charge in [-0.1, -0.05) is 62.2 Å². The van der Waals surface area contributed by atoms with Gasteiger partial charge in [0.05, 0.1) is 0 Å². The first-order valence-electron chi connectivity index (χ1n) is 6.62. The SMILES string of the molecule is CCCCCCl.c1ccc(-c2ccc3cc2-3)cc1. The number of alkyl halides is 1. The summed E-state index contributed by atoms with van der Waals surface area (Å²) in [7, 11) is 0. The summed E-state index contributed by atoms with van der Waals surface area (Å²) in [5.41, 5.74) is 5.55. The number of hydrogen-bond donors (Lipinski definition) is 0. The maximum atomic E-state index is 5.38. The van der Waals surface area contributed by atoms with E-state index in [1.807, 2.05) is 0 Å². The molecule has 18 heavy (non-hydrogen) atoms. The Hall–Kier alpha value is -1.27. The van der Waals surface area contributed by atoms with Crippen LogP contribution in [0.3, 0.4) is 0 Å². The van der Waals surface area contributed by atoms with Crippen molar-refractivity contribution in [2.24, 2.45) is 0 Å². The molecule has 0 N–H and O–H groups in total. The molecule has 0 unspecified atom stereocenters. The first kappa shape index (κ1) is 13.2. The Bertz CT molecular complexity index is 484. The van der Waals surface area contributed by atoms with E-state index in [-0.39, 0.29) is 0 Å². The van der Waals surface area contributed by atoms with Crippen LogP contribution in [0.5, 0.6) is 0 Å². The van der Waals surface area contributed by atoms with Gasteiger partial charge in [-0.3, -0.25) is 0 Å². The van der Waals surface area contributed by atoms with Crippen molar-refractivity contribution in [2.75, 3.05) is 5.88 Å². The Labute approximate surface area is 115 Å². The second-order valence-electron chi connectivity index (χ2n) is 4.52. The number of benzene rings is 2. The van der Waals surface area contributed by atoms with Gasteiger partial charge in [0.2, 0.25) is 0 Å². The third-order valence-electron chi connectivity index (χ3n) is 3.07. The van der Waals surface area contributed by atoms with E-state index in [0.29, 0.717) is 0 Å². The first-order chi connectivity index (χ1) is 8.86. The summed E-state index contributed by atoms with van der Waals surface area (Å²) < 4.78 is 0. The highest BCUT2D eigenvalue weighted by Gasteiger charge is 2.17. The fraction of sp³-hybridized carbons (Fsp3) is 0.294. The smallest absolute Gasteiger partial charge is 0.0223 e. The van der Waals surface area contributed by atoms with Crippen LogP contribution in [0.1, 0.15) is 26.2 Å². The molecule has 0 bridgehead atoms. The van der Waals surface area contributed by atoms with Crippen LogP contribution in [0, 0.1) is 0 Å². The molecule has 0 spiro atoms. The lowest BCUT2D eigenvalue weighted by Crippen LogP contribution is -1.70. The predicted octanol–water partition coefficient (Wildman–Crippen LogP) is 5.75. The average molecular weight is 259 g/mol. The summed E-state index contributed by atoms with van der Waals surface area (Å²) in [5.74, 6) is 0.827. The zero-order valence-corrected chi connectivity index (χ0v) is 11.6. The molecule has 3 rings (SSSR count). The first-order valence-corrected chi connectivity index (χ1v) is 7.16. The van der Waals surface area contributed by atoms with Gasteiger partial charge in [-0.25, -0.2) is 0 Å². The van der Waals surface area contributed by atoms with E-state index < -0.39 is 0 Å². The highest BCUT2D eigenvalue weighted by Crippen LogP contribution is 2.43. The molecule has 0 nitrogen and oxygen atoms in total. The van der Waals surface area contributed by atoms with Crippen LogP contribution in [-0.4, -0.2) is 5.88 Å². The van der Waals surface area contributed by atoms with Crippen LogP contribution in [-0.2, 0) is 0 Å². The molecule has 0 aliphatic heterocycles. The zero-order valence-electron chi connectivity index (χ0n) is 10.8. The lowest BCUT2D eigenvalue weighted by Gasteiger charge is -1.95. The minimum absolute atomic E-state index is 0.827. The Morgan fingerprint density at radius 3 is 2.06 bits per heavy atom. The maximum absolute atomic E-state index is 5.38. The molecule has 0 fully saturated rings. The van der Waals surface area contributed by atoms with Crippen molar-refractivity contribution in [2.45, 2.75) is 26.2 Å². The second kappa shape index (κ2) is 6.61. The average Bonchev–Trinajstić information content (AvgIpc) is 3.09. The maximum Gasteiger partial charge on any atom is 0.0223 e. The molecule has 0 amide bonds. The largest absolute Gasteiger partial charge is 0.127 e. The van der Waals surface area contributed by atoms with E-state index in [1.165, 1.54) is 41.5 Å². The molecular weight excluding hydrogens is 240 g/mol. The van der Waals surface area contributed by atoms with Crippen molar-refractivity contribution in [3.8, 4) is 22.3 Å². The van der Waals surface area contributed by atoms with Crippen molar-refractivity contribution < 1.29 is 0 Å². The van der Waals surface area contributed by atoms with E-state index in [4.69, 9.17) is 11.6 Å². The zero-order chi connectivity index (χ0) is 12.8. The molecular formula is C17H19Cl. The van der Waals surface area contributed by atoms with Gasteiger partial charge in [0.1, 0.15) is 0 Å². The number of unbranched alkanes of at least 4 members (excludes halogenated alkanes) is 2. The van der Waals surface area contributed by atoms with Crippen molar-refractivity contribution in [3.05, 3.63) is 48.5 Å². The van der Waals surface area contributed by atoms with Gasteiger partial charge in [-0.2, -0.15) is 0 Å². The molecule has 0 heterocycles. The number of fused-ring (bicyclic) bond motifs is 1. The van der Waals surface area contributed by atoms with Crippen molar-refractivity contribution >= 4 is 11.6 Å². The molecule has 0 radical (unpaired) electrons. The second-order valence-corrected chi connectivity index (χ2v) is 4.90. The Morgan fingerprint density at radius 2 is 1.61 bits per heavy atom. The summed E-state index contributed by atoms with van der Waals surface area (Å²) in [4.78, 5) is 0. The molecule has 0 saturated heterocycles. The summed E-state index contributed by atoms with van der Waals surface area (Å²) >= 11 is 5.38. The van der Waals surface area contributed by atoms with Crippen LogP contribution >= 0.6 is 11.6 Å². The minimum atomic E-state index is 0.827. The lowest BCUT2D eigenvalue weighted by molar-refractivity contribution is 0.776. The van der Waals surface area contributed by atoms with Gasteiger partial charge < -0.3 is 0 Å². The van der Waals surface area contributed by atoms with Gasteiger partial charge in [0.15, 0.2) is 0 Å². The van der Waals surface area contributed by atoms with Crippen molar-refractivity contribution in [3.63, 3.8) is 0 Å². The highest BCUT2D eigenvalue weighted by atomic mass is 35.5. The van der Waals surface area contributed by atoms with E-state index in [9.17, 15) is 0 Å². The summed E-state index contributed by atoms with van der Waals surface area (Å²) in [6.45, 7) is 2.17. The normalized spacial score (nSPS) is 10.6. The fourth-order valence-electron chi connectivity index (χ4n) is 1.97. The van der Waals surface area contributed by atoms with Gasteiger partial charge in [-0.15, -0.1) is 11.6 Å². The van der Waals surface area contributed by atoms with E-state index in [1.54, 1.807) is 0 Å². The van der Waals surface area contributed by atoms with Gasteiger partial charge >= 0.3 is 0 Å². The van der Waals surface area contributed by atoms with E-state index >= 15 is 0 Å². The fourth-order valence-corrected chi connectivity index (χ4v) is 2.16. The predicted molar refractivity (Wildman–Crippen MR) is 81.1 cm³/mol. The number of halogens is 1. The van der Waals surface area contributed by atoms with Crippen molar-refractivity contribution in [1.82, 2.24) is 0 Å². The van der Waals surface area contributed by atoms with E-state index in [2.05, 4.69) is 55.5 Å². The Kier molecular flexibility index (Phi) is 4.83. The standard InChI is InChI=1S/C12H8.C5H11Cl/c1-2-4-9(5-3-1)11-7-6-10-8-12(10)11;1-2-3-4-5-6/h1-8H;2-5H2,1H3. The third kappa shape index (κ3) is 3.36. The molecule has 2 aliphatic carbocycles. The molecule has 1 aromatic carbocycles. The quantitative estimate of drug-likeness (QED) is 0.413. The molecule has 1 heteroatoms. The van der Waals surface area contributed by atoms with Gasteiger partial charge in [0, 0.05) is 5.88 Å². The number of rotatable bonds is 4. The Balaban J connectivity index is 0.000000174. The lowest BCUT2D eigenvalue weighted by atomic mass is 10.1. The van der Waals surface area contributed by atoms with Crippen LogP contribution in [0.2, 0.25) is 0 Å². The monoisotopic (exact) mass is 258 g/mol. The molecule has 0 saturated carbocycles. The summed E-state index contributed by atoms with van der Waals surface area (Å²) in [6, 6.07) is 17.1. The van der Waals surface area contributed by atoms with Crippen LogP contribution in [0.15, 0.2) is 48.5 Å². The third-order valence-corrected chi connectivity index (χ3v) is 3.34. The minimum Gasteiger partial charge on any atom is -0.127 e. The van der Waals surface area contributed by atoms with E-state index in [0.717, 1.165) is 5.88 Å². The molecule has 0 aromatic heterocycles. The highest BCUT2D eigenvalue weighted by molar-refractivity contribution is 6.17. The number of hydrogen-bond acceptors (Lipinski definition) is 0. The molecule has 94 valence electrons. The summed E-state index contributed by atoms with van der Waals surface area (Å²) in [5, 5.41) is 0. The molecule has 1 aromatic rings. The van der Waals surface area contributed by atoms with Crippen LogP contribution in [0.4, 0.5) is 0 Å².